The summed E-state index contributed by atoms with van der Waals surface area (Å²) in [5, 5.41) is -0.452. The van der Waals surface area contributed by atoms with Crippen LogP contribution in [-0.2, 0) is 16.4 Å². The molecular formula is C22H33N3O4S. The van der Waals surface area contributed by atoms with Crippen molar-refractivity contribution < 1.29 is 17.9 Å². The second kappa shape index (κ2) is 7.65. The molecule has 2 saturated heterocycles. The van der Waals surface area contributed by atoms with Crippen LogP contribution in [0.3, 0.4) is 0 Å². The summed E-state index contributed by atoms with van der Waals surface area (Å²) < 4.78 is 40.1. The normalized spacial score (nSPS) is 30.8. The lowest BCUT2D eigenvalue weighted by Crippen LogP contribution is -2.59. The van der Waals surface area contributed by atoms with Crippen molar-refractivity contribution in [1.29, 1.82) is 0 Å². The van der Waals surface area contributed by atoms with Gasteiger partial charge in [-0.1, -0.05) is 6.92 Å². The van der Waals surface area contributed by atoms with Crippen LogP contribution in [0.5, 0.6) is 11.5 Å². The Bertz CT molecular complexity index is 921. The van der Waals surface area contributed by atoms with Crippen molar-refractivity contribution in [3.05, 3.63) is 23.3 Å². The third kappa shape index (κ3) is 3.23. The monoisotopic (exact) mass is 435 g/mol. The fourth-order valence-corrected chi connectivity index (χ4v) is 7.95. The molecule has 0 radical (unpaired) electrons. The van der Waals surface area contributed by atoms with Crippen LogP contribution in [0.15, 0.2) is 12.1 Å². The number of hydrogen-bond acceptors (Lipinski definition) is 6. The van der Waals surface area contributed by atoms with Gasteiger partial charge >= 0.3 is 0 Å². The topological polar surface area (TPSA) is 85.1 Å². The fourth-order valence-electron chi connectivity index (χ4n) is 5.81. The molecule has 8 heteroatoms. The standard InChI is InChI=1S/C22H33N3O4S/c1-14(11-23)15(2)30(26,27)25-6-3-4-17-12-24-7-5-16-8-21-22(29-13-28-21)9-18(16)20(24)10-19(17)25/h8-9,14-15,17,19-20H,3-7,10-13,23H2,1-2H3/t14?,15?,17-,19+,20-/m0/s1. The van der Waals surface area contributed by atoms with Gasteiger partial charge in [0.05, 0.1) is 5.25 Å². The predicted molar refractivity (Wildman–Crippen MR) is 115 cm³/mol. The Morgan fingerprint density at radius 3 is 2.73 bits per heavy atom. The van der Waals surface area contributed by atoms with Crippen molar-refractivity contribution >= 4 is 10.0 Å². The molecule has 4 aliphatic rings. The number of rotatable bonds is 4. The van der Waals surface area contributed by atoms with Crippen LogP contribution in [0, 0.1) is 11.8 Å². The maximum atomic E-state index is 13.5. The molecule has 0 amide bonds. The Kier molecular flexibility index (Phi) is 5.24. The van der Waals surface area contributed by atoms with E-state index in [4.69, 9.17) is 15.2 Å². The van der Waals surface area contributed by atoms with Gasteiger partial charge in [0, 0.05) is 31.7 Å². The van der Waals surface area contributed by atoms with E-state index in [9.17, 15) is 8.42 Å². The maximum Gasteiger partial charge on any atom is 0.231 e. The van der Waals surface area contributed by atoms with Crippen LogP contribution < -0.4 is 15.2 Å². The number of piperidine rings is 2. The molecule has 4 heterocycles. The molecule has 1 aromatic rings. The van der Waals surface area contributed by atoms with Crippen LogP contribution in [0.1, 0.15) is 50.3 Å². The summed E-state index contributed by atoms with van der Waals surface area (Å²) in [5.74, 6) is 2.00. The number of fused-ring (bicyclic) bond motifs is 5. The molecule has 0 saturated carbocycles. The van der Waals surface area contributed by atoms with Crippen molar-refractivity contribution in [3.8, 4) is 11.5 Å². The summed E-state index contributed by atoms with van der Waals surface area (Å²) in [4.78, 5) is 2.56. The van der Waals surface area contributed by atoms with E-state index in [1.54, 1.807) is 0 Å². The lowest BCUT2D eigenvalue weighted by molar-refractivity contribution is 0.0214. The minimum Gasteiger partial charge on any atom is -0.454 e. The summed E-state index contributed by atoms with van der Waals surface area (Å²) in [7, 11) is -3.38. The van der Waals surface area contributed by atoms with Crippen molar-refractivity contribution in [1.82, 2.24) is 9.21 Å². The van der Waals surface area contributed by atoms with Crippen molar-refractivity contribution in [2.24, 2.45) is 17.6 Å². The van der Waals surface area contributed by atoms with Gasteiger partial charge in [0.2, 0.25) is 16.8 Å². The summed E-state index contributed by atoms with van der Waals surface area (Å²) in [6, 6.07) is 4.56. The molecule has 2 fully saturated rings. The highest BCUT2D eigenvalue weighted by molar-refractivity contribution is 7.89. The predicted octanol–water partition coefficient (Wildman–Crippen LogP) is 2.11. The Balaban J connectivity index is 1.46. The van der Waals surface area contributed by atoms with Gasteiger partial charge in [0.1, 0.15) is 0 Å². The Morgan fingerprint density at radius 1 is 1.20 bits per heavy atom. The van der Waals surface area contributed by atoms with Gasteiger partial charge in [0.15, 0.2) is 11.5 Å². The van der Waals surface area contributed by atoms with E-state index in [1.165, 1.54) is 11.1 Å². The van der Waals surface area contributed by atoms with E-state index in [0.717, 1.165) is 50.3 Å². The molecule has 7 nitrogen and oxygen atoms in total. The molecule has 2 N–H and O–H groups in total. The van der Waals surface area contributed by atoms with E-state index in [2.05, 4.69) is 17.0 Å². The molecular weight excluding hydrogens is 402 g/mol. The van der Waals surface area contributed by atoms with Crippen LogP contribution >= 0.6 is 0 Å². The molecule has 0 aromatic heterocycles. The highest BCUT2D eigenvalue weighted by Crippen LogP contribution is 2.47. The zero-order valence-corrected chi connectivity index (χ0v) is 18.7. The largest absolute Gasteiger partial charge is 0.454 e. The zero-order chi connectivity index (χ0) is 21.0. The van der Waals surface area contributed by atoms with Crippen molar-refractivity contribution in [3.63, 3.8) is 0 Å². The van der Waals surface area contributed by atoms with Crippen LogP contribution in [-0.4, -0.2) is 61.9 Å². The van der Waals surface area contributed by atoms with Crippen LogP contribution in [0.4, 0.5) is 0 Å². The summed E-state index contributed by atoms with van der Waals surface area (Å²) in [5.41, 5.74) is 8.41. The maximum absolute atomic E-state index is 13.5. The van der Waals surface area contributed by atoms with Gasteiger partial charge in [-0.05, 0) is 74.2 Å². The number of ether oxygens (including phenoxy) is 2. The van der Waals surface area contributed by atoms with E-state index in [1.807, 2.05) is 18.2 Å². The molecule has 0 aliphatic carbocycles. The van der Waals surface area contributed by atoms with E-state index in [0.29, 0.717) is 19.0 Å². The molecule has 5 rings (SSSR count). The second-order valence-electron chi connectivity index (χ2n) is 9.44. The SMILES string of the molecule is CC(CN)C(C)S(=O)(=O)N1CCC[C@H]2CN3CCc4cc5c(cc4[C@@H]3C[C@H]21)OCO5. The Morgan fingerprint density at radius 2 is 1.97 bits per heavy atom. The van der Waals surface area contributed by atoms with Gasteiger partial charge in [-0.15, -0.1) is 0 Å². The van der Waals surface area contributed by atoms with E-state index in [-0.39, 0.29) is 24.8 Å². The minimum absolute atomic E-state index is 0.0504. The van der Waals surface area contributed by atoms with Gasteiger partial charge in [0.25, 0.3) is 0 Å². The van der Waals surface area contributed by atoms with Crippen LogP contribution in [0.25, 0.3) is 0 Å². The molecule has 5 atom stereocenters. The first-order chi connectivity index (χ1) is 14.4. The highest BCUT2D eigenvalue weighted by Gasteiger charge is 2.47. The average molecular weight is 436 g/mol. The van der Waals surface area contributed by atoms with Gasteiger partial charge in [-0.3, -0.25) is 4.90 Å². The highest BCUT2D eigenvalue weighted by atomic mass is 32.2. The first-order valence-electron chi connectivity index (χ1n) is 11.3. The fraction of sp³-hybridized carbons (Fsp3) is 0.727. The first-order valence-corrected chi connectivity index (χ1v) is 12.8. The number of nitrogens with two attached hydrogens (primary N) is 1. The van der Waals surface area contributed by atoms with Gasteiger partial charge in [-0.25, -0.2) is 8.42 Å². The number of sulfonamides is 1. The van der Waals surface area contributed by atoms with Gasteiger partial charge in [-0.2, -0.15) is 4.31 Å². The summed E-state index contributed by atoms with van der Waals surface area (Å²) >= 11 is 0. The number of hydrogen-bond donors (Lipinski definition) is 1. The van der Waals surface area contributed by atoms with Crippen molar-refractivity contribution in [2.75, 3.05) is 33.0 Å². The first kappa shape index (κ1) is 20.5. The summed E-state index contributed by atoms with van der Waals surface area (Å²) in [6.07, 6.45) is 3.90. The lowest BCUT2D eigenvalue weighted by Gasteiger charge is -2.52. The van der Waals surface area contributed by atoms with Crippen molar-refractivity contribution in [2.45, 2.75) is 56.9 Å². The number of nitrogens with zero attached hydrogens (tertiary/aromatic N) is 2. The summed E-state index contributed by atoms with van der Waals surface area (Å²) in [6.45, 7) is 7.05. The average Bonchev–Trinajstić information content (AvgIpc) is 3.22. The molecule has 0 bridgehead atoms. The molecule has 166 valence electrons. The van der Waals surface area contributed by atoms with E-state index < -0.39 is 15.3 Å². The Hall–Kier alpha value is -1.35. The molecule has 30 heavy (non-hydrogen) atoms. The minimum atomic E-state index is -3.38. The molecule has 1 aromatic carbocycles. The zero-order valence-electron chi connectivity index (χ0n) is 17.9. The molecule has 0 spiro atoms. The lowest BCUT2D eigenvalue weighted by atomic mass is 9.77. The van der Waals surface area contributed by atoms with Crippen LogP contribution in [0.2, 0.25) is 0 Å². The third-order valence-corrected chi connectivity index (χ3v) is 10.4. The van der Waals surface area contributed by atoms with Gasteiger partial charge < -0.3 is 15.2 Å². The smallest absolute Gasteiger partial charge is 0.231 e. The molecule has 2 unspecified atom stereocenters. The Labute approximate surface area is 179 Å². The second-order valence-corrected chi connectivity index (χ2v) is 11.7. The molecule has 4 aliphatic heterocycles. The quantitative estimate of drug-likeness (QED) is 0.780. The number of benzene rings is 1. The third-order valence-electron chi connectivity index (χ3n) is 7.87. The van der Waals surface area contributed by atoms with E-state index >= 15 is 0 Å².